The van der Waals surface area contributed by atoms with Gasteiger partial charge in [0.05, 0.1) is 15.7 Å². The van der Waals surface area contributed by atoms with Crippen LogP contribution in [-0.2, 0) is 0 Å². The molecule has 0 aliphatic rings. The van der Waals surface area contributed by atoms with Gasteiger partial charge in [0, 0.05) is 5.39 Å². The molecule has 0 bridgehead atoms. The van der Waals surface area contributed by atoms with E-state index in [1.54, 1.807) is 0 Å². The highest BCUT2D eigenvalue weighted by atomic mass is 35.5. The van der Waals surface area contributed by atoms with Crippen molar-refractivity contribution in [2.75, 3.05) is 0 Å². The quantitative estimate of drug-likeness (QED) is 0.435. The van der Waals surface area contributed by atoms with E-state index in [2.05, 4.69) is 35.3 Å². The molecule has 0 spiro atoms. The van der Waals surface area contributed by atoms with Crippen molar-refractivity contribution in [1.29, 1.82) is 0 Å². The zero-order valence-corrected chi connectivity index (χ0v) is 14.6. The van der Waals surface area contributed by atoms with E-state index in [1.807, 2.05) is 36.4 Å². The number of halogens is 2. The molecule has 0 unspecified atom stereocenters. The van der Waals surface area contributed by atoms with Gasteiger partial charge in [0.1, 0.15) is 5.52 Å². The number of aromatic nitrogens is 1. The first-order valence-electron chi connectivity index (χ1n) is 7.76. The van der Waals surface area contributed by atoms with Gasteiger partial charge in [-0.05, 0) is 46.7 Å². The van der Waals surface area contributed by atoms with Crippen LogP contribution in [0.15, 0.2) is 60.7 Å². The second-order valence-electron chi connectivity index (χ2n) is 5.76. The van der Waals surface area contributed by atoms with Crippen LogP contribution in [0.2, 0.25) is 10.0 Å². The van der Waals surface area contributed by atoms with Crippen LogP contribution >= 0.6 is 23.2 Å². The van der Waals surface area contributed by atoms with Crippen LogP contribution in [0.1, 0.15) is 11.3 Å². The van der Waals surface area contributed by atoms with E-state index in [1.165, 1.54) is 16.8 Å². The highest BCUT2D eigenvalue weighted by Gasteiger charge is 2.10. The first-order valence-corrected chi connectivity index (χ1v) is 8.52. The summed E-state index contributed by atoms with van der Waals surface area (Å²) < 4.78 is 0. The number of phenols is 1. The van der Waals surface area contributed by atoms with Crippen molar-refractivity contribution in [3.05, 3.63) is 82.0 Å². The maximum Gasteiger partial charge on any atom is 0.160 e. The van der Waals surface area contributed by atoms with Crippen molar-refractivity contribution in [1.82, 2.24) is 4.98 Å². The summed E-state index contributed by atoms with van der Waals surface area (Å²) in [6, 6.07) is 19.7. The number of aromatic hydroxyl groups is 1. The fourth-order valence-corrected chi connectivity index (χ4v) is 3.32. The molecule has 0 amide bonds. The van der Waals surface area contributed by atoms with Gasteiger partial charge < -0.3 is 5.11 Å². The smallest absolute Gasteiger partial charge is 0.160 e. The molecule has 2 nitrogen and oxygen atoms in total. The molecule has 122 valence electrons. The van der Waals surface area contributed by atoms with E-state index in [0.717, 1.165) is 5.56 Å². The summed E-state index contributed by atoms with van der Waals surface area (Å²) in [5.41, 5.74) is 2.20. The number of benzene rings is 3. The number of phenolic OH excluding ortho intramolecular Hbond substituents is 1. The van der Waals surface area contributed by atoms with Crippen LogP contribution < -0.4 is 0 Å². The Balaban J connectivity index is 1.74. The Labute approximate surface area is 155 Å². The molecule has 1 heterocycles. The summed E-state index contributed by atoms with van der Waals surface area (Å²) in [5, 5.41) is 13.9. The number of hydrogen-bond acceptors (Lipinski definition) is 2. The van der Waals surface area contributed by atoms with Crippen LogP contribution in [0.5, 0.6) is 5.75 Å². The van der Waals surface area contributed by atoms with E-state index in [4.69, 9.17) is 23.2 Å². The molecule has 0 aliphatic carbocycles. The Morgan fingerprint density at radius 3 is 2.44 bits per heavy atom. The van der Waals surface area contributed by atoms with Crippen molar-refractivity contribution in [3.8, 4) is 5.75 Å². The van der Waals surface area contributed by atoms with E-state index in [9.17, 15) is 5.11 Å². The van der Waals surface area contributed by atoms with Crippen molar-refractivity contribution in [3.63, 3.8) is 0 Å². The lowest BCUT2D eigenvalue weighted by Crippen LogP contribution is -1.86. The Hall–Kier alpha value is -2.55. The predicted octanol–water partition coefficient (Wildman–Crippen LogP) is 6.57. The molecule has 4 rings (SSSR count). The highest BCUT2D eigenvalue weighted by Crippen LogP contribution is 2.36. The molecule has 0 radical (unpaired) electrons. The third-order valence-electron chi connectivity index (χ3n) is 4.10. The van der Waals surface area contributed by atoms with Gasteiger partial charge >= 0.3 is 0 Å². The number of pyridine rings is 1. The van der Waals surface area contributed by atoms with Crippen LogP contribution in [0.25, 0.3) is 33.8 Å². The lowest BCUT2D eigenvalue weighted by Gasteiger charge is -2.05. The summed E-state index contributed by atoms with van der Waals surface area (Å²) in [7, 11) is 0. The first kappa shape index (κ1) is 15.9. The number of nitrogens with zero attached hydrogens (tertiary/aromatic N) is 1. The molecule has 3 aromatic carbocycles. The van der Waals surface area contributed by atoms with Gasteiger partial charge in [-0.15, -0.1) is 0 Å². The largest absolute Gasteiger partial charge is 0.504 e. The summed E-state index contributed by atoms with van der Waals surface area (Å²) in [6.45, 7) is 0. The monoisotopic (exact) mass is 365 g/mol. The highest BCUT2D eigenvalue weighted by molar-refractivity contribution is 6.39. The van der Waals surface area contributed by atoms with Crippen molar-refractivity contribution in [2.24, 2.45) is 0 Å². The Bertz CT molecular complexity index is 1140. The molecule has 0 saturated carbocycles. The second kappa shape index (κ2) is 6.40. The van der Waals surface area contributed by atoms with E-state index in [-0.39, 0.29) is 10.8 Å². The SMILES string of the molecule is Oc1c(Cl)cc(Cl)c2ccc(/C=C/c3ccc4ccccc4c3)nc12. The third kappa shape index (κ3) is 3.07. The Kier molecular flexibility index (Phi) is 4.08. The molecule has 4 aromatic rings. The zero-order chi connectivity index (χ0) is 17.4. The van der Waals surface area contributed by atoms with Gasteiger partial charge in [-0.25, -0.2) is 4.98 Å². The summed E-state index contributed by atoms with van der Waals surface area (Å²) >= 11 is 12.1. The minimum absolute atomic E-state index is 0.0537. The average Bonchev–Trinajstić information content (AvgIpc) is 2.64. The predicted molar refractivity (Wildman–Crippen MR) is 106 cm³/mol. The lowest BCUT2D eigenvalue weighted by atomic mass is 10.1. The molecule has 0 aliphatic heterocycles. The van der Waals surface area contributed by atoms with Gasteiger partial charge in [0.2, 0.25) is 0 Å². The number of hydrogen-bond donors (Lipinski definition) is 1. The Morgan fingerprint density at radius 2 is 1.60 bits per heavy atom. The van der Waals surface area contributed by atoms with Gasteiger partial charge in [-0.3, -0.25) is 0 Å². The third-order valence-corrected chi connectivity index (χ3v) is 4.70. The van der Waals surface area contributed by atoms with Crippen molar-refractivity contribution in [2.45, 2.75) is 0 Å². The normalized spacial score (nSPS) is 11.6. The zero-order valence-electron chi connectivity index (χ0n) is 13.1. The maximum absolute atomic E-state index is 10.1. The standard InChI is InChI=1S/C21H13Cl2NO/c22-18-12-19(23)21(25)20-17(18)10-9-16(24-20)8-6-13-5-7-14-3-1-2-4-15(14)11-13/h1-12,25H/b8-6+. The van der Waals surface area contributed by atoms with Gasteiger partial charge in [-0.2, -0.15) is 0 Å². The minimum Gasteiger partial charge on any atom is -0.504 e. The molecular weight excluding hydrogens is 353 g/mol. The molecule has 1 N–H and O–H groups in total. The molecule has 4 heteroatoms. The molecule has 1 aromatic heterocycles. The molecule has 25 heavy (non-hydrogen) atoms. The van der Waals surface area contributed by atoms with Gasteiger partial charge in [-0.1, -0.05) is 65.7 Å². The lowest BCUT2D eigenvalue weighted by molar-refractivity contribution is 0.480. The first-order chi connectivity index (χ1) is 12.1. The van der Waals surface area contributed by atoms with Crippen LogP contribution in [-0.4, -0.2) is 10.1 Å². The minimum atomic E-state index is -0.0537. The van der Waals surface area contributed by atoms with E-state index >= 15 is 0 Å². The topological polar surface area (TPSA) is 33.1 Å². The number of fused-ring (bicyclic) bond motifs is 2. The average molecular weight is 366 g/mol. The van der Waals surface area contributed by atoms with Crippen molar-refractivity contribution >= 4 is 57.0 Å². The summed E-state index contributed by atoms with van der Waals surface area (Å²) in [4.78, 5) is 4.47. The Morgan fingerprint density at radius 1 is 0.800 bits per heavy atom. The van der Waals surface area contributed by atoms with Crippen LogP contribution in [0.4, 0.5) is 0 Å². The molecule has 0 fully saturated rings. The molecule has 0 saturated heterocycles. The van der Waals surface area contributed by atoms with E-state index < -0.39 is 0 Å². The maximum atomic E-state index is 10.1. The molecule has 0 atom stereocenters. The van der Waals surface area contributed by atoms with E-state index in [0.29, 0.717) is 21.6 Å². The fourth-order valence-electron chi connectivity index (χ4n) is 2.80. The summed E-state index contributed by atoms with van der Waals surface area (Å²) in [6.07, 6.45) is 3.89. The van der Waals surface area contributed by atoms with Crippen molar-refractivity contribution < 1.29 is 5.11 Å². The second-order valence-corrected chi connectivity index (χ2v) is 6.58. The van der Waals surface area contributed by atoms with Gasteiger partial charge in [0.25, 0.3) is 0 Å². The fraction of sp³-hybridized carbons (Fsp3) is 0. The van der Waals surface area contributed by atoms with Gasteiger partial charge in [0.15, 0.2) is 5.75 Å². The number of rotatable bonds is 2. The molecular formula is C21H13Cl2NO. The van der Waals surface area contributed by atoms with Crippen LogP contribution in [0.3, 0.4) is 0 Å². The summed E-state index contributed by atoms with van der Waals surface area (Å²) in [5.74, 6) is -0.0537. The van der Waals surface area contributed by atoms with Crippen LogP contribution in [0, 0.1) is 0 Å².